The van der Waals surface area contributed by atoms with E-state index in [-0.39, 0.29) is 11.5 Å². The molecule has 3 aromatic rings. The number of carbonyl (C=O) groups excluding carboxylic acids is 1. The smallest absolute Gasteiger partial charge is 0.228 e. The SMILES string of the molecule is O=C(c1ccc(Cl)c(Cl)c1)c1cc2c(Cl)cccc2o1. The van der Waals surface area contributed by atoms with E-state index in [2.05, 4.69) is 0 Å². The van der Waals surface area contributed by atoms with Gasteiger partial charge in [-0.25, -0.2) is 0 Å². The van der Waals surface area contributed by atoms with Crippen molar-refractivity contribution in [1.82, 2.24) is 0 Å². The van der Waals surface area contributed by atoms with Gasteiger partial charge in [0.15, 0.2) is 5.76 Å². The largest absolute Gasteiger partial charge is 0.453 e. The van der Waals surface area contributed by atoms with Crippen LogP contribution in [0, 0.1) is 0 Å². The van der Waals surface area contributed by atoms with E-state index in [0.717, 1.165) is 0 Å². The van der Waals surface area contributed by atoms with Crippen LogP contribution in [0.25, 0.3) is 11.0 Å². The highest BCUT2D eigenvalue weighted by Gasteiger charge is 2.16. The van der Waals surface area contributed by atoms with E-state index in [4.69, 9.17) is 39.2 Å². The number of halogens is 3. The molecule has 5 heteroatoms. The third kappa shape index (κ3) is 2.31. The normalized spacial score (nSPS) is 10.9. The lowest BCUT2D eigenvalue weighted by atomic mass is 10.1. The molecular formula is C15H7Cl3O2. The van der Waals surface area contributed by atoms with E-state index in [1.807, 2.05) is 0 Å². The highest BCUT2D eigenvalue weighted by atomic mass is 35.5. The summed E-state index contributed by atoms with van der Waals surface area (Å²) < 4.78 is 5.53. The van der Waals surface area contributed by atoms with Gasteiger partial charge in [-0.2, -0.15) is 0 Å². The predicted octanol–water partition coefficient (Wildman–Crippen LogP) is 5.62. The van der Waals surface area contributed by atoms with E-state index in [1.54, 1.807) is 36.4 Å². The Labute approximate surface area is 129 Å². The zero-order chi connectivity index (χ0) is 14.3. The monoisotopic (exact) mass is 324 g/mol. The van der Waals surface area contributed by atoms with Crippen molar-refractivity contribution < 1.29 is 9.21 Å². The number of ketones is 1. The van der Waals surface area contributed by atoms with Gasteiger partial charge in [-0.15, -0.1) is 0 Å². The average Bonchev–Trinajstić information content (AvgIpc) is 2.86. The van der Waals surface area contributed by atoms with Crippen molar-refractivity contribution in [1.29, 1.82) is 0 Å². The number of benzene rings is 2. The zero-order valence-corrected chi connectivity index (χ0v) is 12.3. The molecule has 3 rings (SSSR count). The lowest BCUT2D eigenvalue weighted by Gasteiger charge is -1.99. The Morgan fingerprint density at radius 2 is 1.70 bits per heavy atom. The Kier molecular flexibility index (Phi) is 3.47. The summed E-state index contributed by atoms with van der Waals surface area (Å²) in [5.41, 5.74) is 0.982. The van der Waals surface area contributed by atoms with Crippen LogP contribution in [0.1, 0.15) is 16.1 Å². The van der Waals surface area contributed by atoms with Crippen LogP contribution < -0.4 is 0 Å². The number of fused-ring (bicyclic) bond motifs is 1. The van der Waals surface area contributed by atoms with Gasteiger partial charge in [-0.3, -0.25) is 4.79 Å². The van der Waals surface area contributed by atoms with E-state index >= 15 is 0 Å². The van der Waals surface area contributed by atoms with Crippen LogP contribution in [-0.2, 0) is 0 Å². The molecule has 0 radical (unpaired) electrons. The van der Waals surface area contributed by atoms with Gasteiger partial charge in [0.2, 0.25) is 5.78 Å². The van der Waals surface area contributed by atoms with Crippen molar-refractivity contribution in [2.45, 2.75) is 0 Å². The van der Waals surface area contributed by atoms with Crippen LogP contribution in [-0.4, -0.2) is 5.78 Å². The Balaban J connectivity index is 2.08. The number of furan rings is 1. The van der Waals surface area contributed by atoms with E-state index in [0.29, 0.717) is 31.6 Å². The molecule has 0 amide bonds. The first-order valence-electron chi connectivity index (χ1n) is 5.74. The second kappa shape index (κ2) is 5.13. The van der Waals surface area contributed by atoms with Crippen LogP contribution in [0.4, 0.5) is 0 Å². The van der Waals surface area contributed by atoms with E-state index in [1.165, 1.54) is 6.07 Å². The number of rotatable bonds is 2. The minimum atomic E-state index is -0.268. The molecular weight excluding hydrogens is 319 g/mol. The zero-order valence-electron chi connectivity index (χ0n) is 9.99. The summed E-state index contributed by atoms with van der Waals surface area (Å²) in [6.45, 7) is 0. The summed E-state index contributed by atoms with van der Waals surface area (Å²) in [5.74, 6) is -0.0534. The molecule has 1 aromatic heterocycles. The summed E-state index contributed by atoms with van der Waals surface area (Å²) in [7, 11) is 0. The Morgan fingerprint density at radius 1 is 0.900 bits per heavy atom. The van der Waals surface area contributed by atoms with Gasteiger partial charge in [-0.05, 0) is 36.4 Å². The molecule has 20 heavy (non-hydrogen) atoms. The number of hydrogen-bond acceptors (Lipinski definition) is 2. The van der Waals surface area contributed by atoms with Gasteiger partial charge in [0.1, 0.15) is 5.58 Å². The minimum absolute atomic E-state index is 0.214. The van der Waals surface area contributed by atoms with Gasteiger partial charge in [0, 0.05) is 10.9 Å². The molecule has 0 aliphatic carbocycles. The fourth-order valence-corrected chi connectivity index (χ4v) is 2.44. The molecule has 0 aliphatic heterocycles. The molecule has 0 unspecified atom stereocenters. The Morgan fingerprint density at radius 3 is 2.40 bits per heavy atom. The molecule has 0 saturated heterocycles. The molecule has 0 bridgehead atoms. The van der Waals surface area contributed by atoms with Gasteiger partial charge in [-0.1, -0.05) is 40.9 Å². The minimum Gasteiger partial charge on any atom is -0.453 e. The molecule has 2 aromatic carbocycles. The highest BCUT2D eigenvalue weighted by molar-refractivity contribution is 6.42. The second-order valence-electron chi connectivity index (χ2n) is 4.22. The van der Waals surface area contributed by atoms with Crippen LogP contribution in [0.5, 0.6) is 0 Å². The van der Waals surface area contributed by atoms with Crippen molar-refractivity contribution >= 4 is 51.6 Å². The second-order valence-corrected chi connectivity index (χ2v) is 5.44. The number of carbonyl (C=O) groups is 1. The molecule has 100 valence electrons. The molecule has 0 aliphatic rings. The van der Waals surface area contributed by atoms with Crippen LogP contribution in [0.2, 0.25) is 15.1 Å². The summed E-state index contributed by atoms with van der Waals surface area (Å²) in [4.78, 5) is 12.4. The van der Waals surface area contributed by atoms with Crippen molar-refractivity contribution in [2.24, 2.45) is 0 Å². The maximum Gasteiger partial charge on any atom is 0.228 e. The van der Waals surface area contributed by atoms with Gasteiger partial charge in [0.25, 0.3) is 0 Å². The highest BCUT2D eigenvalue weighted by Crippen LogP contribution is 2.29. The van der Waals surface area contributed by atoms with Gasteiger partial charge < -0.3 is 4.42 Å². The first-order chi connectivity index (χ1) is 9.56. The van der Waals surface area contributed by atoms with E-state index in [9.17, 15) is 4.79 Å². The van der Waals surface area contributed by atoms with Crippen molar-refractivity contribution in [3.63, 3.8) is 0 Å². The number of hydrogen-bond donors (Lipinski definition) is 0. The third-order valence-electron chi connectivity index (χ3n) is 2.91. The van der Waals surface area contributed by atoms with Crippen molar-refractivity contribution in [2.75, 3.05) is 0 Å². The lowest BCUT2D eigenvalue weighted by Crippen LogP contribution is -1.99. The first-order valence-corrected chi connectivity index (χ1v) is 6.87. The molecule has 0 fully saturated rings. The molecule has 2 nitrogen and oxygen atoms in total. The maximum absolute atomic E-state index is 12.4. The van der Waals surface area contributed by atoms with Crippen molar-refractivity contribution in [3.05, 3.63) is 68.9 Å². The fourth-order valence-electron chi connectivity index (χ4n) is 1.92. The Bertz CT molecular complexity index is 821. The fraction of sp³-hybridized carbons (Fsp3) is 0. The summed E-state index contributed by atoms with van der Waals surface area (Å²) >= 11 is 17.8. The lowest BCUT2D eigenvalue weighted by molar-refractivity contribution is 0.101. The summed E-state index contributed by atoms with van der Waals surface area (Å²) in [6, 6.07) is 11.6. The first kappa shape index (κ1) is 13.5. The standard InChI is InChI=1S/C15H7Cl3O2/c16-10-2-1-3-13-9(10)7-14(20-13)15(19)8-4-5-11(17)12(18)6-8/h1-7H. The van der Waals surface area contributed by atoms with Gasteiger partial charge >= 0.3 is 0 Å². The molecule has 0 saturated carbocycles. The molecule has 0 spiro atoms. The third-order valence-corrected chi connectivity index (χ3v) is 3.98. The predicted molar refractivity (Wildman–Crippen MR) is 81.1 cm³/mol. The van der Waals surface area contributed by atoms with Crippen LogP contribution >= 0.6 is 34.8 Å². The topological polar surface area (TPSA) is 30.2 Å². The Hall–Kier alpha value is -1.48. The maximum atomic E-state index is 12.4. The van der Waals surface area contributed by atoms with Gasteiger partial charge in [0.05, 0.1) is 15.1 Å². The van der Waals surface area contributed by atoms with Crippen LogP contribution in [0.15, 0.2) is 46.9 Å². The molecule has 0 atom stereocenters. The summed E-state index contributed by atoms with van der Waals surface area (Å²) in [5, 5.41) is 1.97. The molecule has 0 N–H and O–H groups in total. The molecule has 1 heterocycles. The van der Waals surface area contributed by atoms with Crippen molar-refractivity contribution in [3.8, 4) is 0 Å². The quantitative estimate of drug-likeness (QED) is 0.572. The average molecular weight is 326 g/mol. The van der Waals surface area contributed by atoms with Crippen LogP contribution in [0.3, 0.4) is 0 Å². The summed E-state index contributed by atoms with van der Waals surface area (Å²) in [6.07, 6.45) is 0. The van der Waals surface area contributed by atoms with E-state index < -0.39 is 0 Å².